The number of nitrogens with zero attached hydrogens (tertiary/aromatic N) is 2. The molecule has 1 aliphatic heterocycles. The molecule has 2 heterocycles. The summed E-state index contributed by atoms with van der Waals surface area (Å²) in [5.41, 5.74) is 0.719. The van der Waals surface area contributed by atoms with Crippen LogP contribution in [0.1, 0.15) is 42.1 Å². The summed E-state index contributed by atoms with van der Waals surface area (Å²) in [7, 11) is 0. The normalized spacial score (nSPS) is 19.7. The van der Waals surface area contributed by atoms with Gasteiger partial charge in [-0.05, 0) is 12.8 Å². The lowest BCUT2D eigenvalue weighted by molar-refractivity contribution is 0.0700. The van der Waals surface area contributed by atoms with Gasteiger partial charge in [-0.3, -0.25) is 0 Å². The van der Waals surface area contributed by atoms with Crippen LogP contribution in [-0.2, 0) is 11.2 Å². The Morgan fingerprint density at radius 1 is 1.58 bits per heavy atom. The van der Waals surface area contributed by atoms with Crippen molar-refractivity contribution in [3.05, 3.63) is 10.6 Å². The van der Waals surface area contributed by atoms with Crippen LogP contribution in [0.3, 0.4) is 0 Å². The summed E-state index contributed by atoms with van der Waals surface area (Å²) in [6.07, 6.45) is 2.61. The number of rotatable bonds is 5. The number of aromatic nitrogens is 1. The maximum atomic E-state index is 11.3. The van der Waals surface area contributed by atoms with Gasteiger partial charge in [0.25, 0.3) is 0 Å². The van der Waals surface area contributed by atoms with E-state index >= 15 is 0 Å². The highest BCUT2D eigenvalue weighted by atomic mass is 32.1. The van der Waals surface area contributed by atoms with Crippen LogP contribution in [0.4, 0.5) is 5.13 Å². The summed E-state index contributed by atoms with van der Waals surface area (Å²) < 4.78 is 5.48. The molecule has 1 aromatic rings. The minimum Gasteiger partial charge on any atom is -0.477 e. The number of ether oxygens (including phenoxy) is 1. The fraction of sp³-hybridized carbons (Fsp3) is 0.692. The average Bonchev–Trinajstić information content (AvgIpc) is 2.83. The monoisotopic (exact) mass is 284 g/mol. The smallest absolute Gasteiger partial charge is 0.347 e. The minimum absolute atomic E-state index is 0.302. The fourth-order valence-corrected chi connectivity index (χ4v) is 3.33. The van der Waals surface area contributed by atoms with Gasteiger partial charge in [-0.25, -0.2) is 9.78 Å². The molecule has 19 heavy (non-hydrogen) atoms. The predicted molar refractivity (Wildman–Crippen MR) is 75.3 cm³/mol. The van der Waals surface area contributed by atoms with Gasteiger partial charge < -0.3 is 14.7 Å². The Balaban J connectivity index is 2.28. The van der Waals surface area contributed by atoms with Gasteiger partial charge in [0.2, 0.25) is 0 Å². The number of carbonyl (C=O) groups is 1. The van der Waals surface area contributed by atoms with Crippen molar-refractivity contribution >= 4 is 22.4 Å². The van der Waals surface area contributed by atoms with Crippen molar-refractivity contribution < 1.29 is 14.6 Å². The van der Waals surface area contributed by atoms with E-state index in [0.717, 1.165) is 36.6 Å². The molecule has 1 aliphatic rings. The van der Waals surface area contributed by atoms with Crippen molar-refractivity contribution in [1.29, 1.82) is 0 Å². The summed E-state index contributed by atoms with van der Waals surface area (Å²) >= 11 is 1.29. The molecule has 5 nitrogen and oxygen atoms in total. The van der Waals surface area contributed by atoms with Gasteiger partial charge in [0, 0.05) is 6.54 Å². The zero-order valence-electron chi connectivity index (χ0n) is 11.4. The van der Waals surface area contributed by atoms with E-state index in [2.05, 4.69) is 16.8 Å². The van der Waals surface area contributed by atoms with E-state index in [-0.39, 0.29) is 0 Å². The van der Waals surface area contributed by atoms with Crippen molar-refractivity contribution in [1.82, 2.24) is 4.98 Å². The lowest BCUT2D eigenvalue weighted by Crippen LogP contribution is -2.45. The Kier molecular flexibility index (Phi) is 4.76. The molecule has 0 radical (unpaired) electrons. The Labute approximate surface area is 117 Å². The second kappa shape index (κ2) is 6.34. The van der Waals surface area contributed by atoms with E-state index in [9.17, 15) is 9.90 Å². The summed E-state index contributed by atoms with van der Waals surface area (Å²) in [4.78, 5) is 18.4. The lowest BCUT2D eigenvalue weighted by Gasteiger charge is -2.34. The number of morpholine rings is 1. The summed E-state index contributed by atoms with van der Waals surface area (Å²) in [5, 5.41) is 10.1. The van der Waals surface area contributed by atoms with Crippen LogP contribution in [0.5, 0.6) is 0 Å². The highest BCUT2D eigenvalue weighted by Crippen LogP contribution is 2.30. The summed E-state index contributed by atoms with van der Waals surface area (Å²) in [6, 6.07) is 0.302. The van der Waals surface area contributed by atoms with Gasteiger partial charge in [0.05, 0.1) is 24.9 Å². The quantitative estimate of drug-likeness (QED) is 0.899. The molecule has 1 unspecified atom stereocenters. The van der Waals surface area contributed by atoms with Crippen LogP contribution >= 0.6 is 11.3 Å². The molecular weight excluding hydrogens is 264 g/mol. The molecule has 106 valence electrons. The van der Waals surface area contributed by atoms with Crippen LogP contribution in [0.25, 0.3) is 0 Å². The van der Waals surface area contributed by atoms with Gasteiger partial charge in [0.1, 0.15) is 4.88 Å². The van der Waals surface area contributed by atoms with E-state index in [4.69, 9.17) is 4.74 Å². The van der Waals surface area contributed by atoms with Crippen molar-refractivity contribution in [2.24, 2.45) is 0 Å². The minimum atomic E-state index is -0.867. The highest BCUT2D eigenvalue weighted by molar-refractivity contribution is 7.17. The predicted octanol–water partition coefficient (Wildman–Crippen LogP) is 2.41. The highest BCUT2D eigenvalue weighted by Gasteiger charge is 2.26. The van der Waals surface area contributed by atoms with Gasteiger partial charge in [-0.15, -0.1) is 0 Å². The first-order chi connectivity index (χ1) is 9.17. The number of carboxylic acids is 1. The zero-order valence-corrected chi connectivity index (χ0v) is 12.2. The van der Waals surface area contributed by atoms with Crippen LogP contribution in [0.2, 0.25) is 0 Å². The summed E-state index contributed by atoms with van der Waals surface area (Å²) in [5.74, 6) is -0.867. The number of aryl methyl sites for hydroxylation is 1. The van der Waals surface area contributed by atoms with E-state index in [0.29, 0.717) is 24.1 Å². The third kappa shape index (κ3) is 3.06. The van der Waals surface area contributed by atoms with E-state index in [1.165, 1.54) is 11.3 Å². The van der Waals surface area contributed by atoms with E-state index < -0.39 is 5.97 Å². The molecule has 0 amide bonds. The van der Waals surface area contributed by atoms with E-state index in [1.807, 2.05) is 6.92 Å². The second-order valence-corrected chi connectivity index (χ2v) is 5.64. The topological polar surface area (TPSA) is 62.7 Å². The van der Waals surface area contributed by atoms with Crippen molar-refractivity contribution in [2.75, 3.05) is 24.7 Å². The molecule has 0 saturated carbocycles. The van der Waals surface area contributed by atoms with Gasteiger partial charge >= 0.3 is 5.97 Å². The molecule has 6 heteroatoms. The molecule has 1 atom stereocenters. The molecule has 0 spiro atoms. The van der Waals surface area contributed by atoms with Crippen molar-refractivity contribution in [3.8, 4) is 0 Å². The fourth-order valence-electron chi connectivity index (χ4n) is 2.28. The SMILES string of the molecule is CCCc1nc(N2CCOCC2CC)sc1C(=O)O. The Morgan fingerprint density at radius 3 is 3.00 bits per heavy atom. The molecule has 0 bridgehead atoms. The van der Waals surface area contributed by atoms with Gasteiger partial charge in [-0.2, -0.15) is 0 Å². The molecule has 2 rings (SSSR count). The Bertz CT molecular complexity index is 447. The molecule has 1 fully saturated rings. The number of carboxylic acid groups (broad SMARTS) is 1. The molecular formula is C13H20N2O3S. The van der Waals surface area contributed by atoms with Crippen molar-refractivity contribution in [3.63, 3.8) is 0 Å². The third-order valence-corrected chi connectivity index (χ3v) is 4.43. The maximum absolute atomic E-state index is 11.3. The van der Waals surface area contributed by atoms with E-state index in [1.54, 1.807) is 0 Å². The standard InChI is InChI=1S/C13H20N2O3S/c1-3-5-10-11(12(16)17)19-13(14-10)15-6-7-18-8-9(15)4-2/h9H,3-8H2,1-2H3,(H,16,17). The number of hydrogen-bond donors (Lipinski definition) is 1. The second-order valence-electron chi connectivity index (χ2n) is 4.66. The van der Waals surface area contributed by atoms with Crippen LogP contribution in [-0.4, -0.2) is 41.9 Å². The molecule has 1 saturated heterocycles. The molecule has 0 aliphatic carbocycles. The van der Waals surface area contributed by atoms with Crippen LogP contribution in [0, 0.1) is 0 Å². The first-order valence-corrected chi connectivity index (χ1v) is 7.56. The third-order valence-electron chi connectivity index (χ3n) is 3.31. The average molecular weight is 284 g/mol. The van der Waals surface area contributed by atoms with Crippen LogP contribution < -0.4 is 4.90 Å². The maximum Gasteiger partial charge on any atom is 0.347 e. The molecule has 1 N–H and O–H groups in total. The number of anilines is 1. The summed E-state index contributed by atoms with van der Waals surface area (Å²) in [6.45, 7) is 6.32. The van der Waals surface area contributed by atoms with Crippen LogP contribution in [0.15, 0.2) is 0 Å². The first kappa shape index (κ1) is 14.3. The first-order valence-electron chi connectivity index (χ1n) is 6.74. The molecule has 0 aromatic carbocycles. The Morgan fingerprint density at radius 2 is 2.37 bits per heavy atom. The zero-order chi connectivity index (χ0) is 13.8. The van der Waals surface area contributed by atoms with Crippen molar-refractivity contribution in [2.45, 2.75) is 39.2 Å². The molecule has 1 aromatic heterocycles. The van der Waals surface area contributed by atoms with Gasteiger partial charge in [-0.1, -0.05) is 31.6 Å². The van der Waals surface area contributed by atoms with Gasteiger partial charge in [0.15, 0.2) is 5.13 Å². The number of thiazole rings is 1. The lowest BCUT2D eigenvalue weighted by atomic mass is 10.2. The number of aromatic carboxylic acids is 1. The largest absolute Gasteiger partial charge is 0.477 e. The number of hydrogen-bond acceptors (Lipinski definition) is 5. The Hall–Kier alpha value is -1.14.